The number of aryl methyl sites for hydroxylation is 1. The quantitative estimate of drug-likeness (QED) is 0.482. The van der Waals surface area contributed by atoms with Crippen LogP contribution in [0, 0.1) is 12.8 Å². The Morgan fingerprint density at radius 3 is 2.36 bits per heavy atom. The maximum Gasteiger partial charge on any atom is 0.242 e. The van der Waals surface area contributed by atoms with Gasteiger partial charge in [-0.3, -0.25) is 0 Å². The predicted molar refractivity (Wildman–Crippen MR) is 99.2 cm³/mol. The minimum atomic E-state index is -1.63. The second kappa shape index (κ2) is 6.29. The summed E-state index contributed by atoms with van der Waals surface area (Å²) in [5.74, 6) is 1.43. The fourth-order valence-corrected chi connectivity index (χ4v) is 3.75. The van der Waals surface area contributed by atoms with Gasteiger partial charge in [0, 0.05) is 5.92 Å². The molecule has 0 aliphatic heterocycles. The van der Waals surface area contributed by atoms with Crippen LogP contribution in [0.25, 0.3) is 5.57 Å². The number of hydrogen-bond acceptors (Lipinski definition) is 1. The average molecular weight is 313 g/mol. The van der Waals surface area contributed by atoms with E-state index in [4.69, 9.17) is 4.43 Å². The molecule has 2 heteroatoms. The van der Waals surface area contributed by atoms with E-state index in [-0.39, 0.29) is 0 Å². The first-order valence-corrected chi connectivity index (χ1v) is 11.4. The summed E-state index contributed by atoms with van der Waals surface area (Å²) in [6, 6.07) is 8.63. The molecular formula is C20H28OSi. The molecule has 0 fully saturated rings. The monoisotopic (exact) mass is 312 g/mol. The molecule has 1 aromatic carbocycles. The summed E-state index contributed by atoms with van der Waals surface area (Å²) in [5, 5.41) is 0. The zero-order valence-corrected chi connectivity index (χ0v) is 15.8. The van der Waals surface area contributed by atoms with Crippen LogP contribution in [0.3, 0.4) is 0 Å². The molecular weight excluding hydrogens is 284 g/mol. The highest BCUT2D eigenvalue weighted by molar-refractivity contribution is 6.70. The number of benzene rings is 1. The zero-order chi connectivity index (χ0) is 16.5. The predicted octanol–water partition coefficient (Wildman–Crippen LogP) is 6.10. The van der Waals surface area contributed by atoms with E-state index in [9.17, 15) is 0 Å². The Hall–Kier alpha value is -1.54. The third kappa shape index (κ3) is 3.80. The van der Waals surface area contributed by atoms with Crippen molar-refractivity contribution < 1.29 is 4.43 Å². The van der Waals surface area contributed by atoms with Gasteiger partial charge in [-0.2, -0.15) is 0 Å². The molecule has 0 heterocycles. The Morgan fingerprint density at radius 1 is 1.18 bits per heavy atom. The third-order valence-electron chi connectivity index (χ3n) is 4.12. The van der Waals surface area contributed by atoms with Gasteiger partial charge in [0.05, 0.1) is 0 Å². The second-order valence-electron chi connectivity index (χ2n) is 7.32. The van der Waals surface area contributed by atoms with E-state index >= 15 is 0 Å². The van der Waals surface area contributed by atoms with Crippen molar-refractivity contribution in [2.75, 3.05) is 0 Å². The molecule has 0 saturated heterocycles. The molecule has 2 rings (SSSR count). The number of hydrogen-bond donors (Lipinski definition) is 0. The summed E-state index contributed by atoms with van der Waals surface area (Å²) in [7, 11) is -1.63. The molecule has 0 unspecified atom stereocenters. The van der Waals surface area contributed by atoms with Crippen molar-refractivity contribution in [2.45, 2.75) is 46.8 Å². The van der Waals surface area contributed by atoms with E-state index in [1.807, 2.05) is 0 Å². The van der Waals surface area contributed by atoms with Gasteiger partial charge < -0.3 is 4.43 Å². The molecule has 1 nitrogen and oxygen atoms in total. The summed E-state index contributed by atoms with van der Waals surface area (Å²) in [5.41, 5.74) is 6.56. The minimum absolute atomic E-state index is 0.365. The summed E-state index contributed by atoms with van der Waals surface area (Å²) in [6.07, 6.45) is 3.29. The number of allylic oxidation sites excluding steroid dienone is 4. The van der Waals surface area contributed by atoms with Crippen LogP contribution >= 0.6 is 0 Å². The van der Waals surface area contributed by atoms with E-state index in [0.717, 1.165) is 12.2 Å². The molecule has 0 saturated carbocycles. The van der Waals surface area contributed by atoms with Crippen molar-refractivity contribution >= 4 is 13.9 Å². The Kier molecular flexibility index (Phi) is 4.81. The molecule has 1 aliphatic carbocycles. The van der Waals surface area contributed by atoms with Crippen LogP contribution < -0.4 is 0 Å². The smallest absolute Gasteiger partial charge is 0.242 e. The molecule has 0 N–H and O–H groups in total. The van der Waals surface area contributed by atoms with E-state index in [0.29, 0.717) is 5.92 Å². The van der Waals surface area contributed by atoms with Gasteiger partial charge in [-0.05, 0) is 75.2 Å². The Bertz CT molecular complexity index is 644. The molecule has 118 valence electrons. The maximum atomic E-state index is 6.36. The van der Waals surface area contributed by atoms with Gasteiger partial charge in [-0.15, -0.1) is 0 Å². The molecule has 1 aliphatic rings. The molecule has 0 aromatic heterocycles. The first-order valence-electron chi connectivity index (χ1n) is 8.01. The fourth-order valence-electron chi connectivity index (χ4n) is 2.87. The zero-order valence-electron chi connectivity index (χ0n) is 14.8. The summed E-state index contributed by atoms with van der Waals surface area (Å²) in [6.45, 7) is 17.4. The average Bonchev–Trinajstić information content (AvgIpc) is 2.40. The highest BCUT2D eigenvalue weighted by atomic mass is 28.4. The second-order valence-corrected chi connectivity index (χ2v) is 11.7. The SMILES string of the molecule is C=C(C)[C@@H]1C=C(O[Si](C)(C)C)C(C)=C(c2ccccc2C)C1. The Morgan fingerprint density at radius 2 is 1.82 bits per heavy atom. The third-order valence-corrected chi connectivity index (χ3v) is 4.95. The van der Waals surface area contributed by atoms with Gasteiger partial charge in [-0.1, -0.05) is 36.4 Å². The van der Waals surface area contributed by atoms with Crippen molar-refractivity contribution in [3.63, 3.8) is 0 Å². The van der Waals surface area contributed by atoms with Crippen molar-refractivity contribution in [1.29, 1.82) is 0 Å². The fraction of sp³-hybridized carbons (Fsp3) is 0.400. The lowest BCUT2D eigenvalue weighted by atomic mass is 9.81. The van der Waals surface area contributed by atoms with Gasteiger partial charge in [-0.25, -0.2) is 0 Å². The van der Waals surface area contributed by atoms with Gasteiger partial charge in [0.15, 0.2) is 0 Å². The normalized spacial score (nSPS) is 19.0. The van der Waals surface area contributed by atoms with Crippen LogP contribution in [0.2, 0.25) is 19.6 Å². The molecule has 0 bridgehead atoms. The first kappa shape index (κ1) is 16.8. The van der Waals surface area contributed by atoms with Crippen molar-refractivity contribution in [3.8, 4) is 0 Å². The van der Waals surface area contributed by atoms with E-state index in [2.05, 4.69) is 77.3 Å². The van der Waals surface area contributed by atoms with Crippen LogP contribution in [0.15, 0.2) is 53.8 Å². The number of rotatable bonds is 4. The highest BCUT2D eigenvalue weighted by Gasteiger charge is 2.26. The highest BCUT2D eigenvalue weighted by Crippen LogP contribution is 2.39. The lowest BCUT2D eigenvalue weighted by molar-refractivity contribution is 0.423. The van der Waals surface area contributed by atoms with Gasteiger partial charge >= 0.3 is 0 Å². The molecule has 0 amide bonds. The van der Waals surface area contributed by atoms with Crippen LogP contribution in [0.1, 0.15) is 31.4 Å². The lowest BCUT2D eigenvalue weighted by Gasteiger charge is -2.30. The lowest BCUT2D eigenvalue weighted by Crippen LogP contribution is -2.26. The largest absolute Gasteiger partial charge is 0.544 e. The van der Waals surface area contributed by atoms with Gasteiger partial charge in [0.1, 0.15) is 5.76 Å². The van der Waals surface area contributed by atoms with Gasteiger partial charge in [0.2, 0.25) is 8.32 Å². The summed E-state index contributed by atoms with van der Waals surface area (Å²) >= 11 is 0. The van der Waals surface area contributed by atoms with Gasteiger partial charge in [0.25, 0.3) is 0 Å². The molecule has 1 aromatic rings. The molecule has 0 radical (unpaired) electrons. The first-order chi connectivity index (χ1) is 10.2. The maximum absolute atomic E-state index is 6.36. The molecule has 0 spiro atoms. The van der Waals surface area contributed by atoms with Crippen molar-refractivity contribution in [2.24, 2.45) is 5.92 Å². The molecule has 22 heavy (non-hydrogen) atoms. The van der Waals surface area contributed by atoms with Crippen LogP contribution in [-0.4, -0.2) is 8.32 Å². The minimum Gasteiger partial charge on any atom is -0.544 e. The van der Waals surface area contributed by atoms with Crippen LogP contribution in [0.5, 0.6) is 0 Å². The van der Waals surface area contributed by atoms with Crippen molar-refractivity contribution in [1.82, 2.24) is 0 Å². The van der Waals surface area contributed by atoms with E-state index < -0.39 is 8.32 Å². The Balaban J connectivity index is 2.51. The Labute approximate surface area is 136 Å². The molecule has 1 atom stereocenters. The van der Waals surface area contributed by atoms with Crippen LogP contribution in [-0.2, 0) is 4.43 Å². The topological polar surface area (TPSA) is 9.23 Å². The summed E-state index contributed by atoms with van der Waals surface area (Å²) in [4.78, 5) is 0. The van der Waals surface area contributed by atoms with E-state index in [1.54, 1.807) is 0 Å². The summed E-state index contributed by atoms with van der Waals surface area (Å²) < 4.78 is 6.36. The van der Waals surface area contributed by atoms with Crippen molar-refractivity contribution in [3.05, 3.63) is 65.0 Å². The standard InChI is InChI=1S/C20H28OSi/c1-14(2)17-12-19(18-11-9-8-10-15(18)3)16(4)20(13-17)21-22(5,6)7/h8-11,13,17H,1,12H2,2-7H3/t17-/m0/s1. The van der Waals surface area contributed by atoms with Crippen LogP contribution in [0.4, 0.5) is 0 Å². The van der Waals surface area contributed by atoms with E-state index in [1.165, 1.54) is 27.8 Å².